The fraction of sp³-hybridized carbons (Fsp3) is 0.533. The molecule has 0 spiro atoms. The quantitative estimate of drug-likeness (QED) is 0.764. The van der Waals surface area contributed by atoms with Gasteiger partial charge in [-0.15, -0.1) is 12.4 Å². The number of carbonyl (C=O) groups excluding carboxylic acids is 1. The summed E-state index contributed by atoms with van der Waals surface area (Å²) in [4.78, 5) is 12.2. The van der Waals surface area contributed by atoms with Crippen LogP contribution in [0.1, 0.15) is 33.6 Å². The van der Waals surface area contributed by atoms with Crippen LogP contribution >= 0.6 is 12.4 Å². The maximum Gasteiger partial charge on any atom is 0.241 e. The van der Waals surface area contributed by atoms with Crippen molar-refractivity contribution in [2.75, 3.05) is 11.9 Å². The van der Waals surface area contributed by atoms with Gasteiger partial charge in [-0.25, -0.2) is 13.1 Å². The Bertz CT molecular complexity index is 650. The summed E-state index contributed by atoms with van der Waals surface area (Å²) in [5, 5.41) is 5.88. The molecule has 1 atom stereocenters. The van der Waals surface area contributed by atoms with Crippen LogP contribution in [0.2, 0.25) is 0 Å². The molecular formula is C15H24ClN3O3S. The van der Waals surface area contributed by atoms with Gasteiger partial charge < -0.3 is 10.6 Å². The average molecular weight is 362 g/mol. The highest BCUT2D eigenvalue weighted by Crippen LogP contribution is 2.18. The zero-order valence-corrected chi connectivity index (χ0v) is 15.2. The Morgan fingerprint density at radius 2 is 2.00 bits per heavy atom. The van der Waals surface area contributed by atoms with Crippen molar-refractivity contribution in [3.05, 3.63) is 24.3 Å². The molecule has 1 aliphatic heterocycles. The van der Waals surface area contributed by atoms with E-state index in [0.29, 0.717) is 5.69 Å². The number of nitrogens with one attached hydrogen (secondary N) is 3. The zero-order valence-electron chi connectivity index (χ0n) is 13.5. The second-order valence-electron chi connectivity index (χ2n) is 6.52. The van der Waals surface area contributed by atoms with Crippen LogP contribution in [-0.2, 0) is 14.8 Å². The van der Waals surface area contributed by atoms with Crippen molar-refractivity contribution in [3.63, 3.8) is 0 Å². The summed E-state index contributed by atoms with van der Waals surface area (Å²) >= 11 is 0. The molecule has 1 aromatic carbocycles. The fourth-order valence-electron chi connectivity index (χ4n) is 2.34. The van der Waals surface area contributed by atoms with Crippen LogP contribution in [0.3, 0.4) is 0 Å². The van der Waals surface area contributed by atoms with Crippen molar-refractivity contribution in [1.29, 1.82) is 0 Å². The highest BCUT2D eigenvalue weighted by atomic mass is 35.5. The third kappa shape index (κ3) is 5.76. The molecule has 6 nitrogen and oxygen atoms in total. The molecule has 0 bridgehead atoms. The zero-order chi connectivity index (χ0) is 16.4. The van der Waals surface area contributed by atoms with Gasteiger partial charge in [-0.1, -0.05) is 6.07 Å². The highest BCUT2D eigenvalue weighted by Gasteiger charge is 2.24. The lowest BCUT2D eigenvalue weighted by Gasteiger charge is -2.20. The highest BCUT2D eigenvalue weighted by molar-refractivity contribution is 7.89. The van der Waals surface area contributed by atoms with Gasteiger partial charge in [-0.3, -0.25) is 4.79 Å². The summed E-state index contributed by atoms with van der Waals surface area (Å²) in [6.45, 7) is 6.17. The van der Waals surface area contributed by atoms with Crippen molar-refractivity contribution >= 4 is 34.0 Å². The van der Waals surface area contributed by atoms with Gasteiger partial charge in [0, 0.05) is 11.2 Å². The van der Waals surface area contributed by atoms with Crippen molar-refractivity contribution < 1.29 is 13.2 Å². The van der Waals surface area contributed by atoms with Gasteiger partial charge in [-0.05, 0) is 58.4 Å². The van der Waals surface area contributed by atoms with E-state index in [9.17, 15) is 13.2 Å². The first-order valence-corrected chi connectivity index (χ1v) is 8.84. The van der Waals surface area contributed by atoms with Gasteiger partial charge in [0.05, 0.1) is 10.9 Å². The van der Waals surface area contributed by atoms with Crippen LogP contribution in [0, 0.1) is 0 Å². The molecule has 1 amide bonds. The predicted octanol–water partition coefficient (Wildman–Crippen LogP) is 1.88. The molecule has 3 N–H and O–H groups in total. The molecular weight excluding hydrogens is 338 g/mol. The first-order chi connectivity index (χ1) is 10.2. The van der Waals surface area contributed by atoms with E-state index in [1.807, 2.05) is 0 Å². The van der Waals surface area contributed by atoms with E-state index in [-0.39, 0.29) is 29.3 Å². The van der Waals surface area contributed by atoms with Gasteiger partial charge in [0.1, 0.15) is 0 Å². The third-order valence-corrected chi connectivity index (χ3v) is 4.98. The van der Waals surface area contributed by atoms with Gasteiger partial charge >= 0.3 is 0 Å². The molecule has 0 saturated carbocycles. The van der Waals surface area contributed by atoms with Crippen molar-refractivity contribution in [1.82, 2.24) is 10.0 Å². The Labute approximate surface area is 143 Å². The number of hydrogen-bond acceptors (Lipinski definition) is 4. The number of hydrogen-bond donors (Lipinski definition) is 3. The Balaban J connectivity index is 0.00000264. The third-order valence-electron chi connectivity index (χ3n) is 3.23. The SMILES string of the molecule is CC(C)(C)NS(=O)(=O)c1cccc(NC(=O)C2CCCN2)c1.Cl. The summed E-state index contributed by atoms with van der Waals surface area (Å²) in [5.74, 6) is -0.129. The summed E-state index contributed by atoms with van der Waals surface area (Å²) in [6.07, 6.45) is 1.78. The second-order valence-corrected chi connectivity index (χ2v) is 8.20. The van der Waals surface area contributed by atoms with E-state index in [0.717, 1.165) is 19.4 Å². The maximum atomic E-state index is 12.3. The first-order valence-electron chi connectivity index (χ1n) is 7.36. The van der Waals surface area contributed by atoms with Crippen LogP contribution in [0.5, 0.6) is 0 Å². The summed E-state index contributed by atoms with van der Waals surface area (Å²) in [6, 6.07) is 6.09. The minimum Gasteiger partial charge on any atom is -0.325 e. The lowest BCUT2D eigenvalue weighted by molar-refractivity contribution is -0.117. The lowest BCUT2D eigenvalue weighted by atomic mass is 10.1. The molecule has 23 heavy (non-hydrogen) atoms. The Morgan fingerprint density at radius 1 is 1.30 bits per heavy atom. The van der Waals surface area contributed by atoms with Crippen LogP contribution in [0.4, 0.5) is 5.69 Å². The van der Waals surface area contributed by atoms with Crippen LogP contribution < -0.4 is 15.4 Å². The minimum atomic E-state index is -3.61. The molecule has 130 valence electrons. The molecule has 8 heteroatoms. The summed E-state index contributed by atoms with van der Waals surface area (Å²) < 4.78 is 27.2. The standard InChI is InChI=1S/C15H23N3O3S.ClH/c1-15(2,3)18-22(20,21)12-7-4-6-11(10-12)17-14(19)13-8-5-9-16-13;/h4,6-7,10,13,16,18H,5,8-9H2,1-3H3,(H,17,19);1H. The molecule has 0 aromatic heterocycles. The first kappa shape index (κ1) is 19.9. The molecule has 1 unspecified atom stereocenters. The molecule has 0 aliphatic carbocycles. The molecule has 1 heterocycles. The largest absolute Gasteiger partial charge is 0.325 e. The fourth-order valence-corrected chi connectivity index (χ4v) is 3.80. The summed E-state index contributed by atoms with van der Waals surface area (Å²) in [5.41, 5.74) is -0.0817. The van der Waals surface area contributed by atoms with Crippen molar-refractivity contribution in [2.24, 2.45) is 0 Å². The minimum absolute atomic E-state index is 0. The number of carbonyl (C=O) groups is 1. The average Bonchev–Trinajstić information content (AvgIpc) is 2.90. The Hall–Kier alpha value is -1.15. The second kappa shape index (κ2) is 7.61. The van der Waals surface area contributed by atoms with Gasteiger partial charge in [0.25, 0.3) is 0 Å². The molecule has 0 radical (unpaired) electrons. The Kier molecular flexibility index (Phi) is 6.59. The van der Waals surface area contributed by atoms with Gasteiger partial charge in [-0.2, -0.15) is 0 Å². The monoisotopic (exact) mass is 361 g/mol. The molecule has 1 aliphatic rings. The molecule has 2 rings (SSSR count). The van der Waals surface area contributed by atoms with Gasteiger partial charge in [0.2, 0.25) is 15.9 Å². The molecule has 1 fully saturated rings. The van der Waals surface area contributed by atoms with E-state index in [1.54, 1.807) is 32.9 Å². The van der Waals surface area contributed by atoms with Crippen molar-refractivity contribution in [3.8, 4) is 0 Å². The Morgan fingerprint density at radius 3 is 2.57 bits per heavy atom. The number of rotatable bonds is 4. The van der Waals surface area contributed by atoms with Crippen LogP contribution in [0.25, 0.3) is 0 Å². The van der Waals surface area contributed by atoms with E-state index in [1.165, 1.54) is 12.1 Å². The molecule has 1 saturated heterocycles. The van der Waals surface area contributed by atoms with Crippen LogP contribution in [0.15, 0.2) is 29.2 Å². The number of benzene rings is 1. The topological polar surface area (TPSA) is 87.3 Å². The molecule has 1 aromatic rings. The van der Waals surface area contributed by atoms with Crippen LogP contribution in [-0.4, -0.2) is 32.5 Å². The smallest absolute Gasteiger partial charge is 0.241 e. The van der Waals surface area contributed by atoms with E-state index < -0.39 is 15.6 Å². The summed E-state index contributed by atoms with van der Waals surface area (Å²) in [7, 11) is -3.61. The van der Waals surface area contributed by atoms with E-state index >= 15 is 0 Å². The maximum absolute atomic E-state index is 12.3. The van der Waals surface area contributed by atoms with Gasteiger partial charge in [0.15, 0.2) is 0 Å². The number of halogens is 1. The normalized spacial score (nSPS) is 18.3. The van der Waals surface area contributed by atoms with E-state index in [4.69, 9.17) is 0 Å². The number of sulfonamides is 1. The predicted molar refractivity (Wildman–Crippen MR) is 93.4 cm³/mol. The van der Waals surface area contributed by atoms with E-state index in [2.05, 4.69) is 15.4 Å². The number of anilines is 1. The lowest BCUT2D eigenvalue weighted by Crippen LogP contribution is -2.40. The number of amides is 1. The van der Waals surface area contributed by atoms with Crippen molar-refractivity contribution in [2.45, 2.75) is 50.1 Å².